The van der Waals surface area contributed by atoms with Gasteiger partial charge in [0.05, 0.1) is 5.56 Å². The summed E-state index contributed by atoms with van der Waals surface area (Å²) in [5, 5.41) is 2.93. The summed E-state index contributed by atoms with van der Waals surface area (Å²) < 4.78 is 0.752. The fourth-order valence-corrected chi connectivity index (χ4v) is 3.41. The van der Waals surface area contributed by atoms with E-state index in [4.69, 9.17) is 5.73 Å². The van der Waals surface area contributed by atoms with Crippen LogP contribution in [0.1, 0.15) is 35.2 Å². The number of nitrogens with one attached hydrogen (secondary N) is 1. The predicted octanol–water partition coefficient (Wildman–Crippen LogP) is 3.79. The van der Waals surface area contributed by atoms with Crippen LogP contribution >= 0.6 is 15.9 Å². The number of amides is 2. The second-order valence-electron chi connectivity index (χ2n) is 6.81. The third-order valence-corrected chi connectivity index (χ3v) is 5.24. The van der Waals surface area contributed by atoms with Crippen molar-refractivity contribution in [1.29, 1.82) is 0 Å². The molecule has 5 nitrogen and oxygen atoms in total. The Morgan fingerprint density at radius 2 is 1.93 bits per heavy atom. The molecule has 3 N–H and O–H groups in total. The largest absolute Gasteiger partial charge is 0.338 e. The van der Waals surface area contributed by atoms with Gasteiger partial charge >= 0.3 is 0 Å². The second kappa shape index (κ2) is 9.15. The van der Waals surface area contributed by atoms with E-state index in [1.165, 1.54) is 0 Å². The van der Waals surface area contributed by atoms with E-state index in [1.807, 2.05) is 47.4 Å². The Morgan fingerprint density at radius 3 is 2.63 bits per heavy atom. The first-order valence-electron chi connectivity index (χ1n) is 9.22. The molecule has 0 saturated heterocycles. The van der Waals surface area contributed by atoms with E-state index >= 15 is 0 Å². The lowest BCUT2D eigenvalue weighted by atomic mass is 10.1. The molecule has 1 aliphatic rings. The summed E-state index contributed by atoms with van der Waals surface area (Å²) in [5.74, 6) is 0.223. The molecule has 2 aromatic carbocycles. The molecule has 2 amide bonds. The monoisotopic (exact) mass is 429 g/mol. The number of nitrogens with zero attached hydrogens (tertiary/aromatic N) is 1. The summed E-state index contributed by atoms with van der Waals surface area (Å²) in [5.41, 5.74) is 7.90. The van der Waals surface area contributed by atoms with E-state index in [0.717, 1.165) is 29.3 Å². The number of benzene rings is 2. The first kappa shape index (κ1) is 19.6. The first-order chi connectivity index (χ1) is 13.1. The number of anilines is 1. The highest BCUT2D eigenvalue weighted by atomic mass is 79.9. The van der Waals surface area contributed by atoms with Crippen molar-refractivity contribution in [2.75, 3.05) is 18.4 Å². The van der Waals surface area contributed by atoms with Gasteiger partial charge in [0.15, 0.2) is 0 Å². The molecule has 0 aromatic heterocycles. The highest BCUT2D eigenvalue weighted by molar-refractivity contribution is 9.10. The van der Waals surface area contributed by atoms with E-state index in [9.17, 15) is 9.59 Å². The van der Waals surface area contributed by atoms with Crippen molar-refractivity contribution in [1.82, 2.24) is 4.90 Å². The van der Waals surface area contributed by atoms with Crippen LogP contribution in [-0.4, -0.2) is 29.8 Å². The highest BCUT2D eigenvalue weighted by Gasteiger charge is 2.33. The molecule has 0 spiro atoms. The smallest absolute Gasteiger partial charge is 0.256 e. The van der Waals surface area contributed by atoms with E-state index in [0.29, 0.717) is 30.9 Å². The fourth-order valence-electron chi connectivity index (χ4n) is 2.95. The summed E-state index contributed by atoms with van der Waals surface area (Å²) in [6, 6.07) is 15.0. The van der Waals surface area contributed by atoms with Gasteiger partial charge in [0.2, 0.25) is 5.91 Å². The average molecular weight is 430 g/mol. The van der Waals surface area contributed by atoms with Crippen molar-refractivity contribution >= 4 is 33.4 Å². The fraction of sp³-hybridized carbons (Fsp3) is 0.333. The maximum absolute atomic E-state index is 12.5. The minimum Gasteiger partial charge on any atom is -0.338 e. The van der Waals surface area contributed by atoms with Crippen LogP contribution < -0.4 is 11.1 Å². The van der Waals surface area contributed by atoms with Gasteiger partial charge in [0.1, 0.15) is 0 Å². The Hall–Kier alpha value is -2.18. The van der Waals surface area contributed by atoms with Gasteiger partial charge in [-0.2, -0.15) is 0 Å². The van der Waals surface area contributed by atoms with Crippen molar-refractivity contribution in [3.05, 3.63) is 64.1 Å². The van der Waals surface area contributed by atoms with E-state index in [1.54, 1.807) is 6.07 Å². The molecule has 0 heterocycles. The minimum atomic E-state index is -0.173. The van der Waals surface area contributed by atoms with Gasteiger partial charge in [0.25, 0.3) is 5.91 Å². The average Bonchev–Trinajstić information content (AvgIpc) is 3.50. The van der Waals surface area contributed by atoms with Crippen LogP contribution in [0.4, 0.5) is 5.69 Å². The Labute approximate surface area is 168 Å². The van der Waals surface area contributed by atoms with Gasteiger partial charge in [-0.15, -0.1) is 0 Å². The summed E-state index contributed by atoms with van der Waals surface area (Å²) in [4.78, 5) is 26.9. The van der Waals surface area contributed by atoms with Gasteiger partial charge in [-0.25, -0.2) is 0 Å². The Bertz CT molecular complexity index is 821. The van der Waals surface area contributed by atoms with Gasteiger partial charge in [-0.1, -0.05) is 24.3 Å². The number of hydrogen-bond donors (Lipinski definition) is 2. The molecular weight excluding hydrogens is 406 g/mol. The van der Waals surface area contributed by atoms with Crippen LogP contribution in [0.15, 0.2) is 53.0 Å². The summed E-state index contributed by atoms with van der Waals surface area (Å²) >= 11 is 3.40. The zero-order valence-electron chi connectivity index (χ0n) is 15.2. The van der Waals surface area contributed by atoms with Crippen molar-refractivity contribution in [2.24, 2.45) is 11.7 Å². The molecule has 1 saturated carbocycles. The van der Waals surface area contributed by atoms with Crippen molar-refractivity contribution < 1.29 is 9.59 Å². The van der Waals surface area contributed by atoms with Crippen LogP contribution in [0.5, 0.6) is 0 Å². The van der Waals surface area contributed by atoms with Crippen molar-refractivity contribution in [3.63, 3.8) is 0 Å². The van der Waals surface area contributed by atoms with Gasteiger partial charge < -0.3 is 16.0 Å². The number of carbonyl (C=O) groups excluding carboxylic acids is 2. The van der Waals surface area contributed by atoms with Gasteiger partial charge in [-0.05, 0) is 71.6 Å². The number of halogens is 1. The highest BCUT2D eigenvalue weighted by Crippen LogP contribution is 2.31. The molecule has 0 bridgehead atoms. The molecule has 0 aliphatic heterocycles. The molecule has 142 valence electrons. The number of nitrogens with two attached hydrogens (primary N) is 1. The number of hydrogen-bond acceptors (Lipinski definition) is 3. The van der Waals surface area contributed by atoms with E-state index < -0.39 is 0 Å². The number of carbonyl (C=O) groups is 2. The molecule has 0 atom stereocenters. The molecule has 1 aliphatic carbocycles. The summed E-state index contributed by atoms with van der Waals surface area (Å²) in [6.45, 7) is 1.77. The van der Waals surface area contributed by atoms with Gasteiger partial charge in [0, 0.05) is 29.2 Å². The van der Waals surface area contributed by atoms with Crippen molar-refractivity contribution in [2.45, 2.75) is 25.8 Å². The van der Waals surface area contributed by atoms with Crippen LogP contribution in [0.25, 0.3) is 0 Å². The lowest BCUT2D eigenvalue weighted by Crippen LogP contribution is -2.33. The molecule has 6 heteroatoms. The first-order valence-corrected chi connectivity index (χ1v) is 10.0. The van der Waals surface area contributed by atoms with Crippen LogP contribution in [0.2, 0.25) is 0 Å². The Kier molecular flexibility index (Phi) is 6.63. The maximum atomic E-state index is 12.5. The van der Waals surface area contributed by atoms with Gasteiger partial charge in [-0.3, -0.25) is 9.59 Å². The third-order valence-electron chi connectivity index (χ3n) is 4.55. The minimum absolute atomic E-state index is 0.173. The second-order valence-corrected chi connectivity index (χ2v) is 7.66. The molecular formula is C21H24BrN3O2. The van der Waals surface area contributed by atoms with Crippen LogP contribution in [-0.2, 0) is 11.3 Å². The summed E-state index contributed by atoms with van der Waals surface area (Å²) in [7, 11) is 0. The molecule has 1 fully saturated rings. The third kappa shape index (κ3) is 5.40. The molecule has 27 heavy (non-hydrogen) atoms. The Morgan fingerprint density at radius 1 is 1.15 bits per heavy atom. The van der Waals surface area contributed by atoms with Crippen molar-refractivity contribution in [3.8, 4) is 0 Å². The lowest BCUT2D eigenvalue weighted by molar-refractivity contribution is -0.133. The topological polar surface area (TPSA) is 75.4 Å². The Balaban J connectivity index is 1.69. The molecule has 3 rings (SSSR count). The zero-order valence-corrected chi connectivity index (χ0v) is 16.7. The number of rotatable bonds is 8. The van der Waals surface area contributed by atoms with Crippen LogP contribution in [0.3, 0.4) is 0 Å². The maximum Gasteiger partial charge on any atom is 0.256 e. The quantitative estimate of drug-likeness (QED) is 0.669. The molecule has 0 unspecified atom stereocenters. The molecule has 0 radical (unpaired) electrons. The molecule has 2 aromatic rings. The van der Waals surface area contributed by atoms with E-state index in [2.05, 4.69) is 21.2 Å². The standard InChI is InChI=1S/C21H24BrN3O2/c22-19-8-2-1-7-18(19)20(26)24-17-6-3-5-15(13-17)14-25(12-4-11-23)21(27)16-9-10-16/h1-3,5-8,13,16H,4,9-12,14,23H2,(H,24,26). The lowest BCUT2D eigenvalue weighted by Gasteiger charge is -2.23. The SMILES string of the molecule is NCCCN(Cc1cccc(NC(=O)c2ccccc2Br)c1)C(=O)C1CC1. The van der Waals surface area contributed by atoms with E-state index in [-0.39, 0.29) is 17.7 Å². The van der Waals surface area contributed by atoms with Crippen LogP contribution in [0, 0.1) is 5.92 Å². The predicted molar refractivity (Wildman–Crippen MR) is 110 cm³/mol. The normalized spacial score (nSPS) is 13.3. The zero-order chi connectivity index (χ0) is 19.2. The summed E-state index contributed by atoms with van der Waals surface area (Å²) in [6.07, 6.45) is 2.76.